The van der Waals surface area contributed by atoms with Crippen molar-refractivity contribution in [3.63, 3.8) is 0 Å². The van der Waals surface area contributed by atoms with E-state index >= 15 is 0 Å². The van der Waals surface area contributed by atoms with Gasteiger partial charge in [0.05, 0.1) is 17.4 Å². The predicted molar refractivity (Wildman–Crippen MR) is 123 cm³/mol. The molecule has 1 N–H and O–H groups in total. The second-order valence-electron chi connectivity index (χ2n) is 11.2. The van der Waals surface area contributed by atoms with Crippen LogP contribution in [0.15, 0.2) is 29.2 Å². The quantitative estimate of drug-likeness (QED) is 0.697. The lowest BCUT2D eigenvalue weighted by Crippen LogP contribution is -2.58. The van der Waals surface area contributed by atoms with Crippen molar-refractivity contribution in [3.05, 3.63) is 24.3 Å². The van der Waals surface area contributed by atoms with E-state index in [-0.39, 0.29) is 22.3 Å². The molecule has 3 unspecified atom stereocenters. The fraction of sp³-hybridized carbons (Fsp3) is 0.720. The van der Waals surface area contributed by atoms with Crippen molar-refractivity contribution in [3.8, 4) is 5.75 Å². The normalized spacial score (nSPS) is 36.8. The van der Waals surface area contributed by atoms with E-state index in [9.17, 15) is 13.2 Å². The second-order valence-corrected chi connectivity index (χ2v) is 13.1. The number of carbonyl (C=O) groups is 1. The molecule has 4 saturated carbocycles. The molecule has 7 heteroatoms. The third-order valence-electron chi connectivity index (χ3n) is 8.57. The number of rotatable bonds is 6. The number of sulfonamides is 1. The average molecular weight is 461 g/mol. The minimum Gasteiger partial charge on any atom is -0.497 e. The van der Waals surface area contributed by atoms with E-state index in [0.29, 0.717) is 36.1 Å². The Balaban J connectivity index is 1.29. The minimum absolute atomic E-state index is 0.171. The number of nitrogens with one attached hydrogen (secondary N) is 1. The average Bonchev–Trinajstić information content (AvgIpc) is 2.76. The van der Waals surface area contributed by atoms with E-state index in [2.05, 4.69) is 12.2 Å². The van der Waals surface area contributed by atoms with Gasteiger partial charge in [0, 0.05) is 19.1 Å². The van der Waals surface area contributed by atoms with Gasteiger partial charge in [-0.2, -0.15) is 4.31 Å². The van der Waals surface area contributed by atoms with Crippen molar-refractivity contribution in [1.82, 2.24) is 9.62 Å². The Morgan fingerprint density at radius 2 is 1.81 bits per heavy atom. The molecule has 4 aliphatic carbocycles. The van der Waals surface area contributed by atoms with Crippen LogP contribution in [-0.4, -0.2) is 44.9 Å². The van der Waals surface area contributed by atoms with Gasteiger partial charge in [0.15, 0.2) is 0 Å². The highest BCUT2D eigenvalue weighted by molar-refractivity contribution is 7.89. The molecule has 1 heterocycles. The van der Waals surface area contributed by atoms with Crippen LogP contribution in [0.1, 0.15) is 64.7 Å². The van der Waals surface area contributed by atoms with Gasteiger partial charge in [-0.25, -0.2) is 8.42 Å². The van der Waals surface area contributed by atoms with Gasteiger partial charge in [-0.3, -0.25) is 4.79 Å². The summed E-state index contributed by atoms with van der Waals surface area (Å²) in [5.74, 6) is 2.18. The summed E-state index contributed by atoms with van der Waals surface area (Å²) in [4.78, 5) is 13.8. The highest BCUT2D eigenvalue weighted by Crippen LogP contribution is 2.65. The van der Waals surface area contributed by atoms with Gasteiger partial charge in [0.2, 0.25) is 15.9 Å². The predicted octanol–water partition coefficient (Wildman–Crippen LogP) is 3.96. The van der Waals surface area contributed by atoms with E-state index in [4.69, 9.17) is 4.74 Å². The second kappa shape index (κ2) is 8.01. The van der Waals surface area contributed by atoms with Gasteiger partial charge in [0.1, 0.15) is 5.75 Å². The fourth-order valence-corrected chi connectivity index (χ4v) is 9.45. The summed E-state index contributed by atoms with van der Waals surface area (Å²) in [7, 11) is -2.05. The van der Waals surface area contributed by atoms with Crippen molar-refractivity contribution in [2.75, 3.05) is 20.2 Å². The molecule has 1 saturated heterocycles. The van der Waals surface area contributed by atoms with Crippen LogP contribution in [0.2, 0.25) is 0 Å². The van der Waals surface area contributed by atoms with E-state index < -0.39 is 10.0 Å². The van der Waals surface area contributed by atoms with Crippen LogP contribution in [0.5, 0.6) is 5.75 Å². The first-order valence-electron chi connectivity index (χ1n) is 12.2. The molecule has 0 radical (unpaired) electrons. The molecule has 4 bridgehead atoms. The van der Waals surface area contributed by atoms with Gasteiger partial charge < -0.3 is 10.1 Å². The van der Waals surface area contributed by atoms with Crippen molar-refractivity contribution in [2.45, 2.75) is 75.6 Å². The van der Waals surface area contributed by atoms with E-state index in [1.807, 2.05) is 0 Å². The van der Waals surface area contributed by atoms with Crippen LogP contribution >= 0.6 is 0 Å². The number of ether oxygens (including phenoxy) is 1. The summed E-state index contributed by atoms with van der Waals surface area (Å²) >= 11 is 0. The van der Waals surface area contributed by atoms with Crippen molar-refractivity contribution >= 4 is 15.9 Å². The van der Waals surface area contributed by atoms with Crippen LogP contribution in [0.3, 0.4) is 0 Å². The summed E-state index contributed by atoms with van der Waals surface area (Å²) in [6.07, 6.45) is 9.50. The van der Waals surface area contributed by atoms with Crippen molar-refractivity contribution in [1.29, 1.82) is 0 Å². The van der Waals surface area contributed by atoms with Gasteiger partial charge in [-0.15, -0.1) is 0 Å². The molecule has 6 nitrogen and oxygen atoms in total. The number of hydrogen-bond acceptors (Lipinski definition) is 4. The monoisotopic (exact) mass is 460 g/mol. The Morgan fingerprint density at radius 3 is 2.44 bits per heavy atom. The van der Waals surface area contributed by atoms with Gasteiger partial charge in [0.25, 0.3) is 0 Å². The Morgan fingerprint density at radius 1 is 1.12 bits per heavy atom. The molecule has 5 aliphatic rings. The molecule has 0 aromatic heterocycles. The van der Waals surface area contributed by atoms with Crippen LogP contribution in [-0.2, 0) is 14.8 Å². The SMILES string of the molecule is COc1ccc(S(=O)(=O)N2CCCCC2CNC(=O)C23C[C@@H]4C[C@@H](CC(C)(C4)C2)C3)cc1. The molecule has 1 aliphatic heterocycles. The first kappa shape index (κ1) is 22.2. The number of piperidine rings is 1. The lowest BCUT2D eigenvalue weighted by atomic mass is 9.44. The highest BCUT2D eigenvalue weighted by Gasteiger charge is 2.58. The third kappa shape index (κ3) is 3.85. The standard InChI is InChI=1S/C25H36N2O4S/c1-24-12-18-11-19(13-24)15-25(14-18,17-24)23(28)26-16-20-5-3-4-10-27(20)32(29,30)22-8-6-21(31-2)7-9-22/h6-9,18-20H,3-5,10-17H2,1-2H3,(H,26,28)/t18-,19+,20?,24?,25?. The fourth-order valence-electron chi connectivity index (χ4n) is 7.76. The van der Waals surface area contributed by atoms with Crippen LogP contribution in [0.25, 0.3) is 0 Å². The number of benzene rings is 1. The lowest BCUT2D eigenvalue weighted by Gasteiger charge is -2.60. The molecular formula is C25H36N2O4S. The summed E-state index contributed by atoms with van der Waals surface area (Å²) in [6, 6.07) is 6.38. The van der Waals surface area contributed by atoms with Gasteiger partial charge in [-0.05, 0) is 92.9 Å². The Bertz CT molecular complexity index is 960. The maximum absolute atomic E-state index is 13.5. The van der Waals surface area contributed by atoms with Crippen LogP contribution in [0.4, 0.5) is 0 Å². The zero-order chi connectivity index (χ0) is 22.6. The lowest BCUT2D eigenvalue weighted by molar-refractivity contribution is -0.155. The third-order valence-corrected chi connectivity index (χ3v) is 10.5. The molecule has 176 valence electrons. The van der Waals surface area contributed by atoms with Gasteiger partial charge in [-0.1, -0.05) is 13.3 Å². The Labute approximate surface area is 192 Å². The maximum atomic E-state index is 13.5. The smallest absolute Gasteiger partial charge is 0.243 e. The molecule has 32 heavy (non-hydrogen) atoms. The summed E-state index contributed by atoms with van der Waals surface area (Å²) in [6.45, 7) is 3.28. The van der Waals surface area contributed by atoms with E-state index in [1.165, 1.54) is 19.3 Å². The van der Waals surface area contributed by atoms with Gasteiger partial charge >= 0.3 is 0 Å². The molecule has 1 aromatic carbocycles. The maximum Gasteiger partial charge on any atom is 0.243 e. The van der Waals surface area contributed by atoms with Crippen LogP contribution < -0.4 is 10.1 Å². The molecule has 1 amide bonds. The number of hydrogen-bond donors (Lipinski definition) is 1. The molecule has 0 spiro atoms. The molecular weight excluding hydrogens is 424 g/mol. The topological polar surface area (TPSA) is 75.7 Å². The Kier molecular flexibility index (Phi) is 5.56. The first-order chi connectivity index (χ1) is 15.2. The number of nitrogens with zero attached hydrogens (tertiary/aromatic N) is 1. The molecule has 1 aromatic rings. The summed E-state index contributed by atoms with van der Waals surface area (Å²) < 4.78 is 33.5. The first-order valence-corrected chi connectivity index (χ1v) is 13.6. The zero-order valence-corrected chi connectivity index (χ0v) is 20.1. The summed E-state index contributed by atoms with van der Waals surface area (Å²) in [5.41, 5.74) is 0.0865. The molecule has 5 atom stereocenters. The highest BCUT2D eigenvalue weighted by atomic mass is 32.2. The molecule has 6 rings (SSSR count). The van der Waals surface area contributed by atoms with Crippen molar-refractivity contribution < 1.29 is 17.9 Å². The van der Waals surface area contributed by atoms with E-state index in [0.717, 1.165) is 38.5 Å². The van der Waals surface area contributed by atoms with Crippen molar-refractivity contribution in [2.24, 2.45) is 22.7 Å². The minimum atomic E-state index is -3.61. The largest absolute Gasteiger partial charge is 0.497 e. The summed E-state index contributed by atoms with van der Waals surface area (Å²) in [5, 5.41) is 3.23. The molecule has 5 fully saturated rings. The van der Waals surface area contributed by atoms with Crippen LogP contribution in [0, 0.1) is 22.7 Å². The number of carbonyl (C=O) groups excluding carboxylic acids is 1. The number of amides is 1. The number of methoxy groups -OCH3 is 1. The van der Waals surface area contributed by atoms with E-state index in [1.54, 1.807) is 35.7 Å². The Hall–Kier alpha value is -1.60. The zero-order valence-electron chi connectivity index (χ0n) is 19.3.